The molecule has 0 radical (unpaired) electrons. The van der Waals surface area contributed by atoms with Gasteiger partial charge in [0.05, 0.1) is 11.9 Å². The minimum Gasteiger partial charge on any atom is -0.355 e. The van der Waals surface area contributed by atoms with Crippen LogP contribution in [0.3, 0.4) is 0 Å². The van der Waals surface area contributed by atoms with Gasteiger partial charge >= 0.3 is 0 Å². The Kier molecular flexibility index (Phi) is 6.98. The summed E-state index contributed by atoms with van der Waals surface area (Å²) in [6.07, 6.45) is 5.88. The van der Waals surface area contributed by atoms with Crippen molar-refractivity contribution in [2.45, 2.75) is 25.3 Å². The van der Waals surface area contributed by atoms with Gasteiger partial charge in [0.2, 0.25) is 5.91 Å². The van der Waals surface area contributed by atoms with Gasteiger partial charge in [0.25, 0.3) is 0 Å². The van der Waals surface area contributed by atoms with E-state index < -0.39 is 0 Å². The molecule has 1 N–H and O–H groups in total. The lowest BCUT2D eigenvalue weighted by atomic mass is 10.1. The van der Waals surface area contributed by atoms with Crippen LogP contribution >= 0.6 is 0 Å². The van der Waals surface area contributed by atoms with Gasteiger partial charge in [-0.3, -0.25) is 4.79 Å². The second-order valence-corrected chi connectivity index (χ2v) is 7.24. The number of rotatable bonds is 9. The summed E-state index contributed by atoms with van der Waals surface area (Å²) in [5, 5.41) is 7.47. The lowest BCUT2D eigenvalue weighted by molar-refractivity contribution is -0.121. The van der Waals surface area contributed by atoms with Crippen LogP contribution in [0.5, 0.6) is 0 Å². The van der Waals surface area contributed by atoms with Gasteiger partial charge in [0.1, 0.15) is 0 Å². The van der Waals surface area contributed by atoms with Crippen LogP contribution in [0.4, 0.5) is 0 Å². The number of para-hydroxylation sites is 1. The highest BCUT2D eigenvalue weighted by Crippen LogP contribution is 2.10. The van der Waals surface area contributed by atoms with Crippen molar-refractivity contribution in [1.82, 2.24) is 20.0 Å². The second-order valence-electron chi connectivity index (χ2n) is 7.24. The molecule has 1 aromatic heterocycles. The molecule has 1 unspecified atom stereocenters. The Hall–Kier alpha value is -2.92. The van der Waals surface area contributed by atoms with Gasteiger partial charge in [-0.2, -0.15) is 5.10 Å². The summed E-state index contributed by atoms with van der Waals surface area (Å²) in [4.78, 5) is 14.5. The fraction of sp³-hybridized carbons (Fsp3) is 0.304. The summed E-state index contributed by atoms with van der Waals surface area (Å²) in [5.41, 5.74) is 3.36. The van der Waals surface area contributed by atoms with Crippen molar-refractivity contribution in [1.29, 1.82) is 0 Å². The molecule has 5 heteroatoms. The molecule has 0 aliphatic rings. The van der Waals surface area contributed by atoms with Gasteiger partial charge in [-0.15, -0.1) is 0 Å². The highest BCUT2D eigenvalue weighted by molar-refractivity contribution is 5.76. The Labute approximate surface area is 167 Å². The van der Waals surface area contributed by atoms with E-state index in [1.54, 1.807) is 0 Å². The molecular weight excluding hydrogens is 348 g/mol. The number of nitrogens with one attached hydrogen (secondary N) is 1. The molecule has 28 heavy (non-hydrogen) atoms. The molecule has 0 saturated heterocycles. The molecule has 1 atom stereocenters. The highest BCUT2D eigenvalue weighted by atomic mass is 16.1. The summed E-state index contributed by atoms with van der Waals surface area (Å²) in [6.45, 7) is 0.643. The predicted molar refractivity (Wildman–Crippen MR) is 113 cm³/mol. The molecule has 0 saturated carbocycles. The van der Waals surface area contributed by atoms with Crippen LogP contribution in [0, 0.1) is 0 Å². The number of carbonyl (C=O) groups excluding carboxylic acids is 1. The maximum Gasteiger partial charge on any atom is 0.220 e. The number of likely N-dealkylation sites (N-methyl/N-ethyl adjacent to an activating group) is 1. The van der Waals surface area contributed by atoms with Crippen molar-refractivity contribution >= 4 is 5.91 Å². The molecule has 0 spiro atoms. The van der Waals surface area contributed by atoms with E-state index in [1.165, 1.54) is 5.56 Å². The fourth-order valence-corrected chi connectivity index (χ4v) is 3.11. The molecule has 3 aromatic rings. The van der Waals surface area contributed by atoms with E-state index >= 15 is 0 Å². The Morgan fingerprint density at radius 2 is 1.71 bits per heavy atom. The van der Waals surface area contributed by atoms with E-state index in [2.05, 4.69) is 53.7 Å². The molecule has 146 valence electrons. The lowest BCUT2D eigenvalue weighted by Crippen LogP contribution is -2.41. The van der Waals surface area contributed by atoms with Gasteiger partial charge in [-0.05, 0) is 50.2 Å². The number of nitrogens with zero attached hydrogens (tertiary/aromatic N) is 3. The van der Waals surface area contributed by atoms with Crippen LogP contribution < -0.4 is 5.32 Å². The highest BCUT2D eigenvalue weighted by Gasteiger charge is 2.14. The first-order valence-corrected chi connectivity index (χ1v) is 9.68. The monoisotopic (exact) mass is 376 g/mol. The van der Waals surface area contributed by atoms with Gasteiger partial charge < -0.3 is 10.2 Å². The fourth-order valence-electron chi connectivity index (χ4n) is 3.11. The lowest BCUT2D eigenvalue weighted by Gasteiger charge is -2.24. The summed E-state index contributed by atoms with van der Waals surface area (Å²) in [5.74, 6) is 0.0763. The van der Waals surface area contributed by atoms with Gasteiger partial charge in [0.15, 0.2) is 0 Å². The van der Waals surface area contributed by atoms with Crippen LogP contribution in [0.1, 0.15) is 17.5 Å². The first kappa shape index (κ1) is 19.8. The zero-order valence-electron chi connectivity index (χ0n) is 16.6. The Balaban J connectivity index is 1.46. The van der Waals surface area contributed by atoms with E-state index in [9.17, 15) is 4.79 Å². The molecule has 0 bridgehead atoms. The van der Waals surface area contributed by atoms with Crippen molar-refractivity contribution < 1.29 is 4.79 Å². The van der Waals surface area contributed by atoms with Crippen molar-refractivity contribution in [3.8, 4) is 5.69 Å². The van der Waals surface area contributed by atoms with Crippen LogP contribution in [-0.2, 0) is 17.6 Å². The summed E-state index contributed by atoms with van der Waals surface area (Å²) >= 11 is 0. The van der Waals surface area contributed by atoms with Gasteiger partial charge in [-0.25, -0.2) is 4.68 Å². The first-order valence-electron chi connectivity index (χ1n) is 9.68. The normalized spacial score (nSPS) is 12.1. The smallest absolute Gasteiger partial charge is 0.220 e. The number of amides is 1. The minimum absolute atomic E-state index is 0.0763. The minimum atomic E-state index is 0.0763. The summed E-state index contributed by atoms with van der Waals surface area (Å²) < 4.78 is 1.84. The SMILES string of the molecule is CN(C)C(CNC(=O)CCc1cnn(-c2ccccc2)c1)Cc1ccccc1. The molecular formula is C23H28N4O. The topological polar surface area (TPSA) is 50.2 Å². The Bertz CT molecular complexity index is 859. The van der Waals surface area contributed by atoms with Gasteiger partial charge in [-0.1, -0.05) is 48.5 Å². The van der Waals surface area contributed by atoms with E-state index in [1.807, 2.05) is 53.5 Å². The second kappa shape index (κ2) is 9.85. The predicted octanol–water partition coefficient (Wildman–Crippen LogP) is 3.09. The van der Waals surface area contributed by atoms with E-state index in [0.29, 0.717) is 19.4 Å². The molecule has 2 aromatic carbocycles. The number of aromatic nitrogens is 2. The van der Waals surface area contributed by atoms with Gasteiger partial charge in [0, 0.05) is 25.2 Å². The van der Waals surface area contributed by atoms with Crippen LogP contribution in [0.15, 0.2) is 73.1 Å². The van der Waals surface area contributed by atoms with Crippen molar-refractivity contribution in [2.24, 2.45) is 0 Å². The molecule has 0 aliphatic heterocycles. The Morgan fingerprint density at radius 3 is 2.39 bits per heavy atom. The molecule has 1 amide bonds. The number of aryl methyl sites for hydroxylation is 1. The summed E-state index contributed by atoms with van der Waals surface area (Å²) in [7, 11) is 4.11. The summed E-state index contributed by atoms with van der Waals surface area (Å²) in [6, 6.07) is 20.6. The first-order chi connectivity index (χ1) is 13.6. The average Bonchev–Trinajstić information content (AvgIpc) is 3.20. The number of benzene rings is 2. The average molecular weight is 377 g/mol. The molecule has 3 rings (SSSR count). The van der Waals surface area contributed by atoms with E-state index in [0.717, 1.165) is 17.7 Å². The van der Waals surface area contributed by atoms with Crippen LogP contribution in [-0.4, -0.2) is 47.3 Å². The van der Waals surface area contributed by atoms with Crippen LogP contribution in [0.25, 0.3) is 5.69 Å². The molecule has 0 fully saturated rings. The van der Waals surface area contributed by atoms with Crippen LogP contribution in [0.2, 0.25) is 0 Å². The van der Waals surface area contributed by atoms with Crippen molar-refractivity contribution in [3.63, 3.8) is 0 Å². The van der Waals surface area contributed by atoms with Crippen molar-refractivity contribution in [3.05, 3.63) is 84.2 Å². The Morgan fingerprint density at radius 1 is 1.04 bits per heavy atom. The largest absolute Gasteiger partial charge is 0.355 e. The zero-order valence-corrected chi connectivity index (χ0v) is 16.6. The van der Waals surface area contributed by atoms with E-state index in [4.69, 9.17) is 0 Å². The quantitative estimate of drug-likeness (QED) is 0.624. The molecule has 5 nitrogen and oxygen atoms in total. The third-order valence-electron chi connectivity index (χ3n) is 4.88. The van der Waals surface area contributed by atoms with Crippen molar-refractivity contribution in [2.75, 3.05) is 20.6 Å². The zero-order chi connectivity index (χ0) is 19.8. The van der Waals surface area contributed by atoms with E-state index in [-0.39, 0.29) is 11.9 Å². The number of hydrogen-bond donors (Lipinski definition) is 1. The number of hydrogen-bond acceptors (Lipinski definition) is 3. The third-order valence-corrected chi connectivity index (χ3v) is 4.88. The molecule has 1 heterocycles. The standard InChI is InChI=1S/C23H28N4O/c1-26(2)22(15-19-9-5-3-6-10-19)17-24-23(28)14-13-20-16-25-27(18-20)21-11-7-4-8-12-21/h3-12,16,18,22H,13-15,17H2,1-2H3,(H,24,28). The third kappa shape index (κ3) is 5.79. The maximum atomic E-state index is 12.3. The maximum absolute atomic E-state index is 12.3. The molecule has 0 aliphatic carbocycles. The number of carbonyl (C=O) groups is 1.